The molecule has 182 valence electrons. The summed E-state index contributed by atoms with van der Waals surface area (Å²) in [6.07, 6.45) is 10.3. The van der Waals surface area contributed by atoms with Gasteiger partial charge in [-0.25, -0.2) is 14.6 Å². The highest BCUT2D eigenvalue weighted by Gasteiger charge is 2.24. The highest BCUT2D eigenvalue weighted by molar-refractivity contribution is 6.06. The van der Waals surface area contributed by atoms with Gasteiger partial charge in [0.05, 0.1) is 29.1 Å². The van der Waals surface area contributed by atoms with Gasteiger partial charge in [0.2, 0.25) is 0 Å². The fraction of sp³-hybridized carbons (Fsp3) is 0.107. The Hall–Kier alpha value is -5.05. The minimum Gasteiger partial charge on any atom is -0.467 e. The molecule has 1 atom stereocenters. The molecule has 6 rings (SSSR count). The van der Waals surface area contributed by atoms with Crippen LogP contribution in [0.3, 0.4) is 0 Å². The molecule has 0 aliphatic heterocycles. The number of fused-ring (bicyclic) bond motifs is 1. The minimum atomic E-state index is -0.447. The van der Waals surface area contributed by atoms with Crippen LogP contribution in [0.25, 0.3) is 22.3 Å². The zero-order valence-electron chi connectivity index (χ0n) is 20.0. The number of carbonyl (C=O) groups excluding carboxylic acids is 1. The number of amides is 1. The fourth-order valence-electron chi connectivity index (χ4n) is 4.37. The first kappa shape index (κ1) is 22.4. The number of carbonyl (C=O) groups is 1. The molecule has 0 spiro atoms. The van der Waals surface area contributed by atoms with Crippen molar-refractivity contribution in [2.45, 2.75) is 12.6 Å². The summed E-state index contributed by atoms with van der Waals surface area (Å²) >= 11 is 0. The van der Waals surface area contributed by atoms with Crippen molar-refractivity contribution in [3.63, 3.8) is 0 Å². The average molecular weight is 490 g/mol. The highest BCUT2D eigenvalue weighted by atomic mass is 16.3. The second kappa shape index (κ2) is 9.54. The summed E-state index contributed by atoms with van der Waals surface area (Å²) in [6.45, 7) is 0.390. The van der Waals surface area contributed by atoms with Crippen LogP contribution in [0.1, 0.15) is 33.5 Å². The third-order valence-corrected chi connectivity index (χ3v) is 6.22. The number of aromatic nitrogens is 6. The van der Waals surface area contributed by atoms with E-state index in [-0.39, 0.29) is 5.91 Å². The summed E-state index contributed by atoms with van der Waals surface area (Å²) in [4.78, 5) is 27.5. The molecule has 1 amide bonds. The fourth-order valence-corrected chi connectivity index (χ4v) is 4.37. The molecular weight excluding hydrogens is 466 g/mol. The zero-order chi connectivity index (χ0) is 25.2. The molecule has 5 aromatic heterocycles. The van der Waals surface area contributed by atoms with Crippen LogP contribution in [-0.2, 0) is 13.6 Å². The van der Waals surface area contributed by atoms with E-state index in [4.69, 9.17) is 9.40 Å². The van der Waals surface area contributed by atoms with E-state index in [0.29, 0.717) is 28.8 Å². The van der Waals surface area contributed by atoms with E-state index >= 15 is 0 Å². The van der Waals surface area contributed by atoms with E-state index in [1.54, 1.807) is 41.8 Å². The van der Waals surface area contributed by atoms with Gasteiger partial charge in [0, 0.05) is 37.4 Å². The van der Waals surface area contributed by atoms with Crippen LogP contribution in [-0.4, -0.2) is 35.2 Å². The molecule has 0 saturated carbocycles. The lowest BCUT2D eigenvalue weighted by Crippen LogP contribution is -2.31. The van der Waals surface area contributed by atoms with Crippen LogP contribution in [0.2, 0.25) is 0 Å². The van der Waals surface area contributed by atoms with Crippen LogP contribution in [0, 0.1) is 0 Å². The van der Waals surface area contributed by atoms with Gasteiger partial charge in [-0.3, -0.25) is 9.78 Å². The summed E-state index contributed by atoms with van der Waals surface area (Å²) in [5.41, 5.74) is 3.39. The van der Waals surface area contributed by atoms with Crippen molar-refractivity contribution in [3.05, 3.63) is 121 Å². The Morgan fingerprint density at radius 3 is 2.68 bits per heavy atom. The van der Waals surface area contributed by atoms with Crippen LogP contribution in [0.5, 0.6) is 0 Å². The van der Waals surface area contributed by atoms with E-state index < -0.39 is 6.04 Å². The number of nitrogens with one attached hydrogen (secondary N) is 1. The summed E-state index contributed by atoms with van der Waals surface area (Å²) in [6, 6.07) is 18.6. The Morgan fingerprint density at radius 2 is 1.95 bits per heavy atom. The maximum Gasteiger partial charge on any atom is 0.253 e. The lowest BCUT2D eigenvalue weighted by Gasteiger charge is -2.19. The molecule has 9 nitrogen and oxygen atoms in total. The van der Waals surface area contributed by atoms with Gasteiger partial charge in [0.15, 0.2) is 5.65 Å². The van der Waals surface area contributed by atoms with Crippen molar-refractivity contribution in [3.8, 4) is 11.3 Å². The highest BCUT2D eigenvalue weighted by Crippen LogP contribution is 2.27. The number of aryl methyl sites for hydroxylation is 1. The van der Waals surface area contributed by atoms with Gasteiger partial charge in [-0.1, -0.05) is 30.3 Å². The van der Waals surface area contributed by atoms with Gasteiger partial charge in [0.1, 0.15) is 24.2 Å². The normalized spacial score (nSPS) is 12.0. The molecule has 1 N–H and O–H groups in total. The van der Waals surface area contributed by atoms with Crippen molar-refractivity contribution in [2.24, 2.45) is 7.05 Å². The molecule has 0 aliphatic rings. The van der Waals surface area contributed by atoms with E-state index in [2.05, 4.69) is 20.4 Å². The molecule has 0 radical (unpaired) electrons. The van der Waals surface area contributed by atoms with Gasteiger partial charge in [0.25, 0.3) is 5.91 Å². The largest absolute Gasteiger partial charge is 0.467 e. The standard InChI is InChI=1S/C28H23N7O2/c1-34-13-12-30-27(34)25(19-7-3-2-4-8-19)33-28(36)22-15-24(20-9-5-11-29-16-20)32-26-23(22)17-31-35(26)18-21-10-6-14-37-21/h2-17,25H,18H2,1H3,(H,33,36). The van der Waals surface area contributed by atoms with Gasteiger partial charge in [-0.2, -0.15) is 5.10 Å². The molecule has 37 heavy (non-hydrogen) atoms. The summed E-state index contributed by atoms with van der Waals surface area (Å²) in [5.74, 6) is 1.21. The maximum absolute atomic E-state index is 13.9. The van der Waals surface area contributed by atoms with Crippen LogP contribution in [0.4, 0.5) is 0 Å². The molecule has 1 aromatic carbocycles. The molecule has 0 saturated heterocycles. The van der Waals surface area contributed by atoms with Crippen LogP contribution < -0.4 is 5.32 Å². The Labute approximate surface area is 212 Å². The molecule has 5 heterocycles. The average Bonchev–Trinajstić information content (AvgIpc) is 3.70. The molecule has 6 aromatic rings. The van der Waals surface area contributed by atoms with Crippen molar-refractivity contribution in [1.29, 1.82) is 0 Å². The van der Waals surface area contributed by atoms with Crippen molar-refractivity contribution in [1.82, 2.24) is 34.6 Å². The lowest BCUT2D eigenvalue weighted by atomic mass is 10.0. The number of furan rings is 1. The number of rotatable bonds is 7. The number of imidazole rings is 1. The van der Waals surface area contributed by atoms with Gasteiger partial charge >= 0.3 is 0 Å². The molecular formula is C28H23N7O2. The third kappa shape index (κ3) is 4.38. The maximum atomic E-state index is 13.9. The Balaban J connectivity index is 1.45. The predicted molar refractivity (Wildman–Crippen MR) is 138 cm³/mol. The second-order valence-corrected chi connectivity index (χ2v) is 8.63. The number of benzene rings is 1. The zero-order valence-corrected chi connectivity index (χ0v) is 20.0. The van der Waals surface area contributed by atoms with Crippen molar-refractivity contribution >= 4 is 16.9 Å². The van der Waals surface area contributed by atoms with Crippen LogP contribution >= 0.6 is 0 Å². The molecule has 9 heteroatoms. The second-order valence-electron chi connectivity index (χ2n) is 8.63. The lowest BCUT2D eigenvalue weighted by molar-refractivity contribution is 0.0942. The first-order valence-corrected chi connectivity index (χ1v) is 11.8. The smallest absolute Gasteiger partial charge is 0.253 e. The summed E-state index contributed by atoms with van der Waals surface area (Å²) in [5, 5.41) is 8.37. The van der Waals surface area contributed by atoms with Crippen molar-refractivity contribution < 1.29 is 9.21 Å². The summed E-state index contributed by atoms with van der Waals surface area (Å²) in [7, 11) is 1.91. The quantitative estimate of drug-likeness (QED) is 0.357. The van der Waals surface area contributed by atoms with Gasteiger partial charge in [-0.15, -0.1) is 0 Å². The van der Waals surface area contributed by atoms with E-state index in [0.717, 1.165) is 22.7 Å². The number of hydrogen-bond acceptors (Lipinski definition) is 6. The first-order chi connectivity index (χ1) is 18.2. The number of nitrogens with zero attached hydrogens (tertiary/aromatic N) is 6. The topological polar surface area (TPSA) is 104 Å². The Kier molecular flexibility index (Phi) is 5.78. The predicted octanol–water partition coefficient (Wildman–Crippen LogP) is 4.39. The van der Waals surface area contributed by atoms with Crippen molar-refractivity contribution in [2.75, 3.05) is 0 Å². The third-order valence-electron chi connectivity index (χ3n) is 6.22. The Bertz CT molecular complexity index is 1660. The van der Waals surface area contributed by atoms with E-state index in [9.17, 15) is 4.79 Å². The number of hydrogen-bond donors (Lipinski definition) is 1. The van der Waals surface area contributed by atoms with E-state index in [1.165, 1.54) is 0 Å². The molecule has 0 aliphatic carbocycles. The number of pyridine rings is 2. The van der Waals surface area contributed by atoms with Crippen LogP contribution in [0.15, 0.2) is 102 Å². The van der Waals surface area contributed by atoms with Gasteiger partial charge in [-0.05, 0) is 35.9 Å². The molecule has 0 fully saturated rings. The van der Waals surface area contributed by atoms with Gasteiger partial charge < -0.3 is 14.3 Å². The van der Waals surface area contributed by atoms with E-state index in [1.807, 2.05) is 72.4 Å². The molecule has 0 bridgehead atoms. The monoisotopic (exact) mass is 489 g/mol. The SMILES string of the molecule is Cn1ccnc1C(NC(=O)c1cc(-c2cccnc2)nc2c1cnn2Cc1ccco1)c1ccccc1. The first-order valence-electron chi connectivity index (χ1n) is 11.8. The summed E-state index contributed by atoms with van der Waals surface area (Å²) < 4.78 is 9.15. The minimum absolute atomic E-state index is 0.257. The molecule has 1 unspecified atom stereocenters. The Morgan fingerprint density at radius 1 is 1.05 bits per heavy atom.